The normalized spacial score (nSPS) is 14.9. The summed E-state index contributed by atoms with van der Waals surface area (Å²) in [6, 6.07) is 6.17. The highest BCUT2D eigenvalue weighted by atomic mass is 16.3. The molecule has 1 aromatic heterocycles. The van der Waals surface area contributed by atoms with Gasteiger partial charge in [-0.3, -0.25) is 0 Å². The van der Waals surface area contributed by atoms with E-state index in [9.17, 15) is 0 Å². The first kappa shape index (κ1) is 11.8. The van der Waals surface area contributed by atoms with Crippen molar-refractivity contribution in [1.82, 2.24) is 5.32 Å². The molecule has 1 rings (SSSR count). The molecule has 0 aliphatic rings. The van der Waals surface area contributed by atoms with Gasteiger partial charge in [0.05, 0.1) is 18.0 Å². The summed E-state index contributed by atoms with van der Waals surface area (Å²) in [5, 5.41) is 12.3. The van der Waals surface area contributed by atoms with E-state index in [1.54, 1.807) is 0 Å². The maximum absolute atomic E-state index is 9.13. The Bertz CT molecular complexity index is 349. The first-order chi connectivity index (χ1) is 7.10. The van der Waals surface area contributed by atoms with Crippen LogP contribution in [0.1, 0.15) is 31.4 Å². The van der Waals surface area contributed by atoms with Crippen molar-refractivity contribution in [2.24, 2.45) is 11.8 Å². The van der Waals surface area contributed by atoms with Crippen molar-refractivity contribution < 1.29 is 4.42 Å². The van der Waals surface area contributed by atoms with Gasteiger partial charge in [-0.05, 0) is 32.0 Å². The predicted molar refractivity (Wildman–Crippen MR) is 59.2 cm³/mol. The van der Waals surface area contributed by atoms with Gasteiger partial charge in [0, 0.05) is 0 Å². The van der Waals surface area contributed by atoms with Crippen LogP contribution in [0, 0.1) is 30.1 Å². The average Bonchev–Trinajstić information content (AvgIpc) is 2.60. The Hall–Kier alpha value is -1.27. The predicted octanol–water partition coefficient (Wildman–Crippen LogP) is 2.64. The van der Waals surface area contributed by atoms with E-state index in [1.807, 2.05) is 40.0 Å². The third kappa shape index (κ3) is 2.60. The number of hydrogen-bond donors (Lipinski definition) is 1. The van der Waals surface area contributed by atoms with Crippen LogP contribution in [0.25, 0.3) is 0 Å². The van der Waals surface area contributed by atoms with Gasteiger partial charge in [-0.1, -0.05) is 13.8 Å². The monoisotopic (exact) mass is 206 g/mol. The summed E-state index contributed by atoms with van der Waals surface area (Å²) in [5.41, 5.74) is 0. The van der Waals surface area contributed by atoms with Crippen LogP contribution < -0.4 is 5.32 Å². The third-order valence-corrected chi connectivity index (χ3v) is 2.61. The van der Waals surface area contributed by atoms with Crippen LogP contribution in [-0.4, -0.2) is 7.05 Å². The van der Waals surface area contributed by atoms with Crippen molar-refractivity contribution in [1.29, 1.82) is 5.26 Å². The Morgan fingerprint density at radius 3 is 2.40 bits per heavy atom. The zero-order chi connectivity index (χ0) is 11.4. The van der Waals surface area contributed by atoms with Gasteiger partial charge in [0.1, 0.15) is 11.5 Å². The van der Waals surface area contributed by atoms with Gasteiger partial charge in [0.2, 0.25) is 0 Å². The molecule has 3 heteroatoms. The van der Waals surface area contributed by atoms with Crippen LogP contribution in [0.4, 0.5) is 0 Å². The fourth-order valence-electron chi connectivity index (χ4n) is 1.73. The Morgan fingerprint density at radius 2 is 2.07 bits per heavy atom. The van der Waals surface area contributed by atoms with Crippen LogP contribution in [0.5, 0.6) is 0 Å². The van der Waals surface area contributed by atoms with Gasteiger partial charge in [-0.2, -0.15) is 5.26 Å². The zero-order valence-electron chi connectivity index (χ0n) is 9.74. The van der Waals surface area contributed by atoms with Crippen LogP contribution >= 0.6 is 0 Å². The molecule has 0 radical (unpaired) electrons. The van der Waals surface area contributed by atoms with Gasteiger partial charge < -0.3 is 9.73 Å². The third-order valence-electron chi connectivity index (χ3n) is 2.61. The molecule has 2 unspecified atom stereocenters. The highest BCUT2D eigenvalue weighted by Crippen LogP contribution is 2.28. The molecule has 0 saturated heterocycles. The van der Waals surface area contributed by atoms with Crippen molar-refractivity contribution in [2.45, 2.75) is 26.8 Å². The Kier molecular flexibility index (Phi) is 3.93. The molecular formula is C12H18N2O. The number of rotatable bonds is 4. The van der Waals surface area contributed by atoms with E-state index in [0.29, 0.717) is 5.92 Å². The molecule has 2 atom stereocenters. The van der Waals surface area contributed by atoms with Crippen LogP contribution in [0.2, 0.25) is 0 Å². The summed E-state index contributed by atoms with van der Waals surface area (Å²) in [6.07, 6.45) is 0. The number of nitrogens with zero attached hydrogens (tertiary/aromatic N) is 1. The van der Waals surface area contributed by atoms with Gasteiger partial charge >= 0.3 is 0 Å². The molecule has 1 aromatic rings. The lowest BCUT2D eigenvalue weighted by Crippen LogP contribution is -2.27. The van der Waals surface area contributed by atoms with Gasteiger partial charge in [-0.25, -0.2) is 0 Å². The van der Waals surface area contributed by atoms with Crippen molar-refractivity contribution in [3.63, 3.8) is 0 Å². The van der Waals surface area contributed by atoms with Crippen LogP contribution in [-0.2, 0) is 0 Å². The van der Waals surface area contributed by atoms with Crippen LogP contribution in [0.15, 0.2) is 16.5 Å². The number of nitrogens with one attached hydrogen (secondary N) is 1. The second-order valence-electron chi connectivity index (χ2n) is 4.11. The van der Waals surface area contributed by atoms with Crippen LogP contribution in [0.3, 0.4) is 0 Å². The fraction of sp³-hybridized carbons (Fsp3) is 0.583. The molecule has 3 nitrogen and oxygen atoms in total. The molecule has 0 aromatic carbocycles. The molecule has 0 amide bonds. The minimum absolute atomic E-state index is 0.0244. The fourth-order valence-corrected chi connectivity index (χ4v) is 1.73. The maximum atomic E-state index is 9.13. The smallest absolute Gasteiger partial charge is 0.122 e. The first-order valence-electron chi connectivity index (χ1n) is 5.23. The number of hydrogen-bond acceptors (Lipinski definition) is 3. The van der Waals surface area contributed by atoms with Crippen molar-refractivity contribution in [2.75, 3.05) is 7.05 Å². The lowest BCUT2D eigenvalue weighted by Gasteiger charge is -2.22. The minimum atomic E-state index is -0.0689. The SMILES string of the molecule is CNC(c1ccc(C)o1)C(C#N)C(C)C. The zero-order valence-corrected chi connectivity index (χ0v) is 9.74. The molecule has 0 saturated carbocycles. The molecule has 1 N–H and O–H groups in total. The largest absolute Gasteiger partial charge is 0.465 e. The van der Waals surface area contributed by atoms with Gasteiger partial charge in [-0.15, -0.1) is 0 Å². The standard InChI is InChI=1S/C12H18N2O/c1-8(2)10(7-13)12(14-4)11-6-5-9(3)15-11/h5-6,8,10,12,14H,1-4H3. The van der Waals surface area contributed by atoms with E-state index in [-0.39, 0.29) is 12.0 Å². The molecule has 0 bridgehead atoms. The highest BCUT2D eigenvalue weighted by Gasteiger charge is 2.26. The molecule has 0 fully saturated rings. The Balaban J connectivity index is 2.93. The Morgan fingerprint density at radius 1 is 1.40 bits per heavy atom. The molecule has 15 heavy (non-hydrogen) atoms. The number of nitriles is 1. The second kappa shape index (κ2) is 4.99. The van der Waals surface area contributed by atoms with Gasteiger partial charge in [0.15, 0.2) is 0 Å². The second-order valence-corrected chi connectivity index (χ2v) is 4.11. The van der Waals surface area contributed by atoms with Crippen molar-refractivity contribution in [3.05, 3.63) is 23.7 Å². The summed E-state index contributed by atoms with van der Waals surface area (Å²) < 4.78 is 5.56. The van der Waals surface area contributed by atoms with E-state index in [2.05, 4.69) is 11.4 Å². The molecule has 0 aliphatic heterocycles. The van der Waals surface area contributed by atoms with E-state index >= 15 is 0 Å². The van der Waals surface area contributed by atoms with E-state index in [0.717, 1.165) is 11.5 Å². The molecular weight excluding hydrogens is 188 g/mol. The Labute approximate surface area is 91.1 Å². The van der Waals surface area contributed by atoms with Crippen molar-refractivity contribution in [3.8, 4) is 6.07 Å². The summed E-state index contributed by atoms with van der Waals surface area (Å²) in [7, 11) is 1.86. The van der Waals surface area contributed by atoms with E-state index in [4.69, 9.17) is 9.68 Å². The minimum Gasteiger partial charge on any atom is -0.465 e. The highest BCUT2D eigenvalue weighted by molar-refractivity contribution is 5.13. The topological polar surface area (TPSA) is 49.0 Å². The van der Waals surface area contributed by atoms with Crippen molar-refractivity contribution >= 4 is 0 Å². The van der Waals surface area contributed by atoms with E-state index in [1.165, 1.54) is 0 Å². The first-order valence-corrected chi connectivity index (χ1v) is 5.23. The molecule has 1 heterocycles. The van der Waals surface area contributed by atoms with E-state index < -0.39 is 0 Å². The summed E-state index contributed by atoms with van der Waals surface area (Å²) in [4.78, 5) is 0. The van der Waals surface area contributed by atoms with Gasteiger partial charge in [0.25, 0.3) is 0 Å². The average molecular weight is 206 g/mol. The lowest BCUT2D eigenvalue weighted by atomic mass is 9.88. The number of aryl methyl sites for hydroxylation is 1. The molecule has 82 valence electrons. The molecule has 0 aliphatic carbocycles. The summed E-state index contributed by atoms with van der Waals surface area (Å²) in [5.74, 6) is 1.96. The maximum Gasteiger partial charge on any atom is 0.122 e. The molecule has 0 spiro atoms. The summed E-state index contributed by atoms with van der Waals surface area (Å²) in [6.45, 7) is 6.01. The quantitative estimate of drug-likeness (QED) is 0.823. The summed E-state index contributed by atoms with van der Waals surface area (Å²) >= 11 is 0. The number of furan rings is 1. The lowest BCUT2D eigenvalue weighted by molar-refractivity contribution is 0.310.